The standard InChI is InChI=1S/C12H16N2O2S/c1-14-5-4-9(7-11(14)15)12(16)13-8-10-3-2-6-17-10/h4-5,7,10H,2-3,6,8H2,1H3,(H,13,16). The highest BCUT2D eigenvalue weighted by Crippen LogP contribution is 2.25. The zero-order chi connectivity index (χ0) is 12.3. The fraction of sp³-hybridized carbons (Fsp3) is 0.500. The van der Waals surface area contributed by atoms with E-state index >= 15 is 0 Å². The van der Waals surface area contributed by atoms with Crippen LogP contribution in [0.15, 0.2) is 23.1 Å². The van der Waals surface area contributed by atoms with Crippen LogP contribution >= 0.6 is 11.8 Å². The number of pyridine rings is 1. The van der Waals surface area contributed by atoms with Crippen LogP contribution in [0.1, 0.15) is 23.2 Å². The van der Waals surface area contributed by atoms with Gasteiger partial charge in [0.2, 0.25) is 0 Å². The summed E-state index contributed by atoms with van der Waals surface area (Å²) in [6.45, 7) is 0.693. The molecule has 1 N–H and O–H groups in total. The van der Waals surface area contributed by atoms with Crippen molar-refractivity contribution in [2.24, 2.45) is 7.05 Å². The van der Waals surface area contributed by atoms with E-state index in [1.165, 1.54) is 29.2 Å². The van der Waals surface area contributed by atoms with Crippen molar-refractivity contribution < 1.29 is 4.79 Å². The predicted octanol–water partition coefficient (Wildman–Crippen LogP) is 1.01. The molecule has 0 radical (unpaired) electrons. The number of carbonyl (C=O) groups is 1. The van der Waals surface area contributed by atoms with Crippen LogP contribution in [0, 0.1) is 0 Å². The Balaban J connectivity index is 1.94. The quantitative estimate of drug-likeness (QED) is 0.873. The van der Waals surface area contributed by atoms with Crippen molar-refractivity contribution in [3.05, 3.63) is 34.2 Å². The summed E-state index contributed by atoms with van der Waals surface area (Å²) in [5.41, 5.74) is 0.281. The number of carbonyl (C=O) groups excluding carboxylic acids is 1. The van der Waals surface area contributed by atoms with Gasteiger partial charge < -0.3 is 9.88 Å². The Bertz CT molecular complexity index is 464. The second-order valence-electron chi connectivity index (χ2n) is 4.21. The summed E-state index contributed by atoms with van der Waals surface area (Å²) in [6.07, 6.45) is 4.01. The van der Waals surface area contributed by atoms with Gasteiger partial charge in [0.25, 0.3) is 11.5 Å². The smallest absolute Gasteiger partial charge is 0.251 e. The third-order valence-electron chi connectivity index (χ3n) is 2.88. The predicted molar refractivity (Wildman–Crippen MR) is 69.5 cm³/mol. The van der Waals surface area contributed by atoms with E-state index in [4.69, 9.17) is 0 Å². The molecule has 2 rings (SSSR count). The lowest BCUT2D eigenvalue weighted by Crippen LogP contribution is -2.31. The van der Waals surface area contributed by atoms with Gasteiger partial charge in [0.1, 0.15) is 0 Å². The molecule has 0 aliphatic carbocycles. The van der Waals surface area contributed by atoms with Crippen LogP contribution in [-0.2, 0) is 7.05 Å². The molecular formula is C12H16N2O2S. The number of amides is 1. The molecule has 17 heavy (non-hydrogen) atoms. The van der Waals surface area contributed by atoms with Gasteiger partial charge in [-0.15, -0.1) is 0 Å². The van der Waals surface area contributed by atoms with Crippen molar-refractivity contribution in [1.29, 1.82) is 0 Å². The molecule has 4 nitrogen and oxygen atoms in total. The molecule has 0 aromatic carbocycles. The molecule has 1 saturated heterocycles. The number of aryl methyl sites for hydroxylation is 1. The molecule has 5 heteroatoms. The summed E-state index contributed by atoms with van der Waals surface area (Å²) in [5, 5.41) is 3.41. The molecule has 1 atom stereocenters. The van der Waals surface area contributed by atoms with Gasteiger partial charge in [0, 0.05) is 36.7 Å². The van der Waals surface area contributed by atoms with Gasteiger partial charge in [-0.05, 0) is 24.7 Å². The average Bonchev–Trinajstić information content (AvgIpc) is 2.82. The van der Waals surface area contributed by atoms with Crippen LogP contribution in [0.3, 0.4) is 0 Å². The number of rotatable bonds is 3. The number of nitrogens with zero attached hydrogens (tertiary/aromatic N) is 1. The number of aromatic nitrogens is 1. The lowest BCUT2D eigenvalue weighted by atomic mass is 10.2. The number of hydrogen-bond acceptors (Lipinski definition) is 3. The highest BCUT2D eigenvalue weighted by Gasteiger charge is 2.16. The Morgan fingerprint density at radius 2 is 2.47 bits per heavy atom. The molecule has 1 aliphatic heterocycles. The normalized spacial score (nSPS) is 19.2. The Kier molecular flexibility index (Phi) is 3.89. The number of hydrogen-bond donors (Lipinski definition) is 1. The maximum Gasteiger partial charge on any atom is 0.251 e. The molecule has 1 aromatic rings. The molecular weight excluding hydrogens is 236 g/mol. The van der Waals surface area contributed by atoms with Gasteiger partial charge in [0.05, 0.1) is 0 Å². The zero-order valence-corrected chi connectivity index (χ0v) is 10.6. The van der Waals surface area contributed by atoms with Crippen LogP contribution in [-0.4, -0.2) is 28.0 Å². The summed E-state index contributed by atoms with van der Waals surface area (Å²) >= 11 is 1.90. The first-order chi connectivity index (χ1) is 8.16. The van der Waals surface area contributed by atoms with E-state index in [2.05, 4.69) is 5.32 Å². The van der Waals surface area contributed by atoms with Crippen LogP contribution in [0.25, 0.3) is 0 Å². The van der Waals surface area contributed by atoms with Gasteiger partial charge in [-0.2, -0.15) is 11.8 Å². The third-order valence-corrected chi connectivity index (χ3v) is 4.28. The average molecular weight is 252 g/mol. The largest absolute Gasteiger partial charge is 0.351 e. The number of nitrogens with one attached hydrogen (secondary N) is 1. The van der Waals surface area contributed by atoms with Gasteiger partial charge >= 0.3 is 0 Å². The first-order valence-corrected chi connectivity index (χ1v) is 6.78. The Morgan fingerprint density at radius 3 is 3.12 bits per heavy atom. The topological polar surface area (TPSA) is 51.1 Å². The van der Waals surface area contributed by atoms with E-state index in [9.17, 15) is 9.59 Å². The van der Waals surface area contributed by atoms with E-state index in [1.54, 1.807) is 19.3 Å². The summed E-state index contributed by atoms with van der Waals surface area (Å²) in [7, 11) is 1.67. The van der Waals surface area contributed by atoms with Crippen LogP contribution in [0.5, 0.6) is 0 Å². The van der Waals surface area contributed by atoms with Gasteiger partial charge in [0.15, 0.2) is 0 Å². The highest BCUT2D eigenvalue weighted by molar-refractivity contribution is 8.00. The SMILES string of the molecule is Cn1ccc(C(=O)NCC2CCCS2)cc1=O. The monoisotopic (exact) mass is 252 g/mol. The molecule has 0 bridgehead atoms. The summed E-state index contributed by atoms with van der Waals surface area (Å²) in [5.74, 6) is 1.03. The summed E-state index contributed by atoms with van der Waals surface area (Å²) < 4.78 is 1.45. The van der Waals surface area contributed by atoms with Gasteiger partial charge in [-0.25, -0.2) is 0 Å². The lowest BCUT2D eigenvalue weighted by Gasteiger charge is -2.10. The maximum absolute atomic E-state index is 11.8. The lowest BCUT2D eigenvalue weighted by molar-refractivity contribution is 0.0953. The molecule has 1 amide bonds. The molecule has 0 saturated carbocycles. The minimum Gasteiger partial charge on any atom is -0.351 e. The van der Waals surface area contributed by atoms with Crippen LogP contribution in [0.4, 0.5) is 0 Å². The molecule has 92 valence electrons. The maximum atomic E-state index is 11.8. The van der Waals surface area contributed by atoms with Crippen molar-refractivity contribution in [2.45, 2.75) is 18.1 Å². The van der Waals surface area contributed by atoms with Crippen LogP contribution in [0.2, 0.25) is 0 Å². The summed E-state index contributed by atoms with van der Waals surface area (Å²) in [4.78, 5) is 23.2. The van der Waals surface area contributed by atoms with E-state index in [1.807, 2.05) is 11.8 Å². The molecule has 1 aliphatic rings. The Morgan fingerprint density at radius 1 is 1.65 bits per heavy atom. The molecule has 2 heterocycles. The first kappa shape index (κ1) is 12.2. The Labute approximate surface area is 104 Å². The Hall–Kier alpha value is -1.23. The number of thioether (sulfide) groups is 1. The van der Waals surface area contributed by atoms with Crippen LogP contribution < -0.4 is 10.9 Å². The highest BCUT2D eigenvalue weighted by atomic mass is 32.2. The first-order valence-electron chi connectivity index (χ1n) is 5.73. The van der Waals surface area contributed by atoms with Gasteiger partial charge in [-0.1, -0.05) is 0 Å². The second-order valence-corrected chi connectivity index (χ2v) is 5.62. The molecule has 1 unspecified atom stereocenters. The van der Waals surface area contributed by atoms with Crippen molar-refractivity contribution in [2.75, 3.05) is 12.3 Å². The van der Waals surface area contributed by atoms with Crippen molar-refractivity contribution in [3.8, 4) is 0 Å². The van der Waals surface area contributed by atoms with Gasteiger partial charge in [-0.3, -0.25) is 9.59 Å². The van der Waals surface area contributed by atoms with Crippen molar-refractivity contribution in [1.82, 2.24) is 9.88 Å². The van der Waals surface area contributed by atoms with Crippen molar-refractivity contribution in [3.63, 3.8) is 0 Å². The third kappa shape index (κ3) is 3.12. The molecule has 1 aromatic heterocycles. The van der Waals surface area contributed by atoms with Crippen molar-refractivity contribution >= 4 is 17.7 Å². The zero-order valence-electron chi connectivity index (χ0n) is 9.81. The minimum atomic E-state index is -0.159. The van der Waals surface area contributed by atoms with E-state index in [0.717, 1.165) is 0 Å². The fourth-order valence-electron chi connectivity index (χ4n) is 1.80. The van der Waals surface area contributed by atoms with E-state index in [-0.39, 0.29) is 11.5 Å². The molecule has 0 spiro atoms. The van der Waals surface area contributed by atoms with E-state index in [0.29, 0.717) is 17.4 Å². The molecule has 1 fully saturated rings. The summed E-state index contributed by atoms with van der Waals surface area (Å²) in [6, 6.07) is 3.04. The second kappa shape index (κ2) is 5.40. The van der Waals surface area contributed by atoms with E-state index < -0.39 is 0 Å². The fourth-order valence-corrected chi connectivity index (χ4v) is 3.00. The minimum absolute atomic E-state index is 0.157.